The van der Waals surface area contributed by atoms with Gasteiger partial charge in [-0.3, -0.25) is 0 Å². The third kappa shape index (κ3) is 7.55. The summed E-state index contributed by atoms with van der Waals surface area (Å²) >= 11 is 0. The second kappa shape index (κ2) is 11.5. The molecule has 5 heteroatoms. The minimum atomic E-state index is -0.782. The Morgan fingerprint density at radius 2 is 1.96 bits per heavy atom. The van der Waals surface area contributed by atoms with Gasteiger partial charge in [0.05, 0.1) is 19.3 Å². The first-order valence-electron chi connectivity index (χ1n) is 9.22. The highest BCUT2D eigenvalue weighted by molar-refractivity contribution is 5.13. The molecule has 0 aliphatic carbocycles. The van der Waals surface area contributed by atoms with E-state index < -0.39 is 12.2 Å². The number of rotatable bonds is 11. The van der Waals surface area contributed by atoms with E-state index in [0.29, 0.717) is 31.0 Å². The predicted molar refractivity (Wildman–Crippen MR) is 103 cm³/mol. The highest BCUT2D eigenvalue weighted by Gasteiger charge is 2.11. The lowest BCUT2D eigenvalue weighted by molar-refractivity contribution is 0.0286. The molecule has 0 saturated carbocycles. The maximum atomic E-state index is 10.2. The Morgan fingerprint density at radius 1 is 1.19 bits per heavy atom. The predicted octanol–water partition coefficient (Wildman–Crippen LogP) is 3.65. The fourth-order valence-corrected chi connectivity index (χ4v) is 2.63. The molecule has 0 saturated heterocycles. The van der Waals surface area contributed by atoms with Crippen LogP contribution in [0.5, 0.6) is 0 Å². The normalized spacial score (nSPS) is 13.0. The largest absolute Gasteiger partial charge is 0.461 e. The fourth-order valence-electron chi connectivity index (χ4n) is 2.63. The van der Waals surface area contributed by atoms with Gasteiger partial charge in [-0.2, -0.15) is 0 Å². The van der Waals surface area contributed by atoms with Crippen molar-refractivity contribution in [1.29, 1.82) is 0 Å². The van der Waals surface area contributed by atoms with E-state index in [0.717, 1.165) is 17.6 Å². The zero-order valence-corrected chi connectivity index (χ0v) is 15.7. The van der Waals surface area contributed by atoms with E-state index in [-0.39, 0.29) is 13.2 Å². The molecule has 0 unspecified atom stereocenters. The molecule has 1 heterocycles. The van der Waals surface area contributed by atoms with Crippen molar-refractivity contribution in [3.63, 3.8) is 0 Å². The summed E-state index contributed by atoms with van der Waals surface area (Å²) in [6.45, 7) is 2.56. The average molecular weight is 372 g/mol. The molecule has 3 N–H and O–H groups in total. The van der Waals surface area contributed by atoms with Crippen LogP contribution in [0.2, 0.25) is 0 Å². The van der Waals surface area contributed by atoms with Crippen LogP contribution in [0, 0.1) is 0 Å². The summed E-state index contributed by atoms with van der Waals surface area (Å²) in [5, 5.41) is 29.2. The lowest BCUT2D eigenvalue weighted by Crippen LogP contribution is -2.15. The number of furan rings is 1. The van der Waals surface area contributed by atoms with E-state index in [1.165, 1.54) is 0 Å². The van der Waals surface area contributed by atoms with Crippen molar-refractivity contribution in [2.75, 3.05) is 6.61 Å². The van der Waals surface area contributed by atoms with E-state index in [1.54, 1.807) is 18.2 Å². The summed E-state index contributed by atoms with van der Waals surface area (Å²) in [5.74, 6) is 0.848. The SMILES string of the molecule is CCC(=C=CC[C@@H](O)c1ccc(CO)o1)C[C@@H](O)COCc1ccccc1. The van der Waals surface area contributed by atoms with Gasteiger partial charge < -0.3 is 24.5 Å². The quantitative estimate of drug-likeness (QED) is 0.525. The molecule has 0 fully saturated rings. The molecule has 0 aliphatic rings. The smallest absolute Gasteiger partial charge is 0.133 e. The Kier molecular flexibility index (Phi) is 9.05. The summed E-state index contributed by atoms with van der Waals surface area (Å²) in [6, 6.07) is 13.1. The minimum absolute atomic E-state index is 0.188. The standard InChI is InChI=1S/C22H28O5/c1-2-17(9-6-10-21(25)22-12-11-20(14-23)27-22)13-19(24)16-26-15-18-7-4-3-5-8-18/h3-8,11-12,19,21,23-25H,2,10,13-16H2,1H3/t9?,19-,21-/m1/s1. The first kappa shape index (κ1) is 21.2. The Balaban J connectivity index is 1.78. The molecule has 0 amide bonds. The average Bonchev–Trinajstić information content (AvgIpc) is 3.17. The number of aliphatic hydroxyl groups is 3. The summed E-state index contributed by atoms with van der Waals surface area (Å²) < 4.78 is 10.9. The number of benzene rings is 1. The minimum Gasteiger partial charge on any atom is -0.461 e. The fraction of sp³-hybridized carbons (Fsp3) is 0.409. The van der Waals surface area contributed by atoms with E-state index in [2.05, 4.69) is 5.73 Å². The molecule has 146 valence electrons. The van der Waals surface area contributed by atoms with Gasteiger partial charge >= 0.3 is 0 Å². The molecule has 1 aromatic carbocycles. The van der Waals surface area contributed by atoms with Crippen LogP contribution < -0.4 is 0 Å². The summed E-state index contributed by atoms with van der Waals surface area (Å²) in [5.41, 5.74) is 5.20. The molecule has 2 aromatic rings. The molecule has 0 aliphatic heterocycles. The van der Waals surface area contributed by atoms with E-state index in [4.69, 9.17) is 14.3 Å². The van der Waals surface area contributed by atoms with Gasteiger partial charge in [-0.05, 0) is 35.8 Å². The van der Waals surface area contributed by atoms with Crippen molar-refractivity contribution in [2.24, 2.45) is 0 Å². The van der Waals surface area contributed by atoms with Crippen LogP contribution in [-0.2, 0) is 18.0 Å². The zero-order valence-electron chi connectivity index (χ0n) is 15.7. The van der Waals surface area contributed by atoms with Gasteiger partial charge in [0.15, 0.2) is 0 Å². The van der Waals surface area contributed by atoms with Gasteiger partial charge in [-0.15, -0.1) is 5.73 Å². The molecule has 5 nitrogen and oxygen atoms in total. The lowest BCUT2D eigenvalue weighted by Gasteiger charge is -2.12. The summed E-state index contributed by atoms with van der Waals surface area (Å²) in [7, 11) is 0. The second-order valence-electron chi connectivity index (χ2n) is 6.38. The number of ether oxygens (including phenoxy) is 1. The zero-order chi connectivity index (χ0) is 19.5. The Bertz CT molecular complexity index is 728. The molecular weight excluding hydrogens is 344 g/mol. The lowest BCUT2D eigenvalue weighted by atomic mass is 10.1. The van der Waals surface area contributed by atoms with Crippen LogP contribution in [-0.4, -0.2) is 28.0 Å². The summed E-state index contributed by atoms with van der Waals surface area (Å²) in [4.78, 5) is 0. The van der Waals surface area contributed by atoms with Crippen LogP contribution in [0.1, 0.15) is 49.4 Å². The molecular formula is C22H28O5. The third-order valence-electron chi connectivity index (χ3n) is 4.14. The van der Waals surface area contributed by atoms with Crippen molar-refractivity contribution >= 4 is 0 Å². The molecule has 0 radical (unpaired) electrons. The molecule has 27 heavy (non-hydrogen) atoms. The van der Waals surface area contributed by atoms with Gasteiger partial charge in [0.25, 0.3) is 0 Å². The van der Waals surface area contributed by atoms with Crippen molar-refractivity contribution in [3.05, 3.63) is 76.9 Å². The molecule has 1 aromatic heterocycles. The Labute approximate surface area is 160 Å². The second-order valence-corrected chi connectivity index (χ2v) is 6.38. The number of aliphatic hydroxyl groups excluding tert-OH is 3. The van der Waals surface area contributed by atoms with E-state index in [9.17, 15) is 10.2 Å². The summed E-state index contributed by atoms with van der Waals surface area (Å²) in [6.07, 6.45) is 1.97. The first-order chi connectivity index (χ1) is 13.1. The van der Waals surface area contributed by atoms with Crippen molar-refractivity contribution < 1.29 is 24.5 Å². The van der Waals surface area contributed by atoms with Gasteiger partial charge in [-0.1, -0.05) is 37.3 Å². The van der Waals surface area contributed by atoms with Crippen molar-refractivity contribution in [3.8, 4) is 0 Å². The molecule has 0 spiro atoms. The number of hydrogen-bond acceptors (Lipinski definition) is 5. The van der Waals surface area contributed by atoms with Crippen molar-refractivity contribution in [2.45, 2.75) is 51.6 Å². The van der Waals surface area contributed by atoms with Gasteiger partial charge in [0.1, 0.15) is 24.2 Å². The highest BCUT2D eigenvalue weighted by atomic mass is 16.5. The molecule has 2 rings (SSSR count). The van der Waals surface area contributed by atoms with Gasteiger partial charge in [0.2, 0.25) is 0 Å². The topological polar surface area (TPSA) is 83.1 Å². The Morgan fingerprint density at radius 3 is 2.63 bits per heavy atom. The van der Waals surface area contributed by atoms with Gasteiger partial charge in [-0.25, -0.2) is 0 Å². The Hall–Kier alpha value is -2.14. The van der Waals surface area contributed by atoms with Crippen LogP contribution in [0.3, 0.4) is 0 Å². The van der Waals surface area contributed by atoms with Crippen LogP contribution >= 0.6 is 0 Å². The maximum absolute atomic E-state index is 10.2. The highest BCUT2D eigenvalue weighted by Crippen LogP contribution is 2.20. The molecule has 2 atom stereocenters. The number of hydrogen-bond donors (Lipinski definition) is 3. The third-order valence-corrected chi connectivity index (χ3v) is 4.14. The maximum Gasteiger partial charge on any atom is 0.133 e. The monoisotopic (exact) mass is 372 g/mol. The molecule has 0 bridgehead atoms. The van der Waals surface area contributed by atoms with E-state index >= 15 is 0 Å². The van der Waals surface area contributed by atoms with Gasteiger partial charge in [0, 0.05) is 12.8 Å². The van der Waals surface area contributed by atoms with Crippen LogP contribution in [0.4, 0.5) is 0 Å². The first-order valence-corrected chi connectivity index (χ1v) is 9.22. The van der Waals surface area contributed by atoms with Crippen LogP contribution in [0.15, 0.2) is 64.3 Å². The van der Waals surface area contributed by atoms with Crippen LogP contribution in [0.25, 0.3) is 0 Å². The van der Waals surface area contributed by atoms with Crippen molar-refractivity contribution in [1.82, 2.24) is 0 Å². The van der Waals surface area contributed by atoms with E-state index in [1.807, 2.05) is 37.3 Å².